The van der Waals surface area contributed by atoms with Crippen molar-refractivity contribution >= 4 is 11.8 Å². The average Bonchev–Trinajstić information content (AvgIpc) is 3.42. The maximum absolute atomic E-state index is 14.5. The lowest BCUT2D eigenvalue weighted by Crippen LogP contribution is -2.37. The smallest absolute Gasteiger partial charge is 0.281 e. The van der Waals surface area contributed by atoms with Crippen LogP contribution in [0.1, 0.15) is 58.6 Å². The van der Waals surface area contributed by atoms with Crippen LogP contribution in [0.4, 0.5) is 13.2 Å². The summed E-state index contributed by atoms with van der Waals surface area (Å²) in [7, 11) is 0. The molecule has 1 saturated carbocycles. The van der Waals surface area contributed by atoms with Gasteiger partial charge in [-0.05, 0) is 30.8 Å². The third-order valence-corrected chi connectivity index (χ3v) is 4.91. The van der Waals surface area contributed by atoms with Gasteiger partial charge in [0, 0.05) is 17.5 Å². The Hall–Kier alpha value is -0.680. The highest BCUT2D eigenvalue weighted by Gasteiger charge is 2.56. The molecule has 0 radical (unpaired) electrons. The molecule has 140 valence electrons. The molecule has 0 aliphatic heterocycles. The lowest BCUT2D eigenvalue weighted by Gasteiger charge is -2.35. The van der Waals surface area contributed by atoms with Crippen molar-refractivity contribution < 1.29 is 13.2 Å². The number of alkyl halides is 2. The van der Waals surface area contributed by atoms with E-state index in [1.807, 2.05) is 25.6 Å². The molecule has 1 fully saturated rings. The standard InChI is InChI=1S/C14H18F3N.C3H8S.C2H6/c1-13(2,10-6-7-10)14(16,17)11-5-3-4-9(8-18)12(11)15;1-3-4-2;1-2/h3-5,10H,6-8,18H2,1-2H3;3H2,1-2H3;1-2H3. The summed E-state index contributed by atoms with van der Waals surface area (Å²) in [4.78, 5) is 0. The predicted octanol–water partition coefficient (Wildman–Crippen LogP) is 6.21. The van der Waals surface area contributed by atoms with Crippen LogP contribution in [0.5, 0.6) is 0 Å². The first-order valence-corrected chi connectivity index (χ1v) is 9.98. The molecule has 24 heavy (non-hydrogen) atoms. The van der Waals surface area contributed by atoms with Crippen LogP contribution < -0.4 is 5.73 Å². The molecule has 0 amide bonds. The summed E-state index contributed by atoms with van der Waals surface area (Å²) in [6.07, 6.45) is 3.68. The second kappa shape index (κ2) is 10.3. The maximum atomic E-state index is 14.5. The summed E-state index contributed by atoms with van der Waals surface area (Å²) in [6.45, 7) is 9.10. The number of hydrogen-bond acceptors (Lipinski definition) is 2. The highest BCUT2D eigenvalue weighted by Crippen LogP contribution is 2.57. The van der Waals surface area contributed by atoms with Crippen LogP contribution in [-0.2, 0) is 12.5 Å². The van der Waals surface area contributed by atoms with Crippen LogP contribution in [0.25, 0.3) is 0 Å². The zero-order valence-electron chi connectivity index (χ0n) is 15.8. The summed E-state index contributed by atoms with van der Waals surface area (Å²) in [5.41, 5.74) is 3.75. The minimum atomic E-state index is -3.18. The third-order valence-electron chi connectivity index (χ3n) is 4.33. The fourth-order valence-electron chi connectivity index (χ4n) is 2.39. The van der Waals surface area contributed by atoms with Gasteiger partial charge in [-0.1, -0.05) is 52.8 Å². The van der Waals surface area contributed by atoms with Crippen LogP contribution >= 0.6 is 11.8 Å². The van der Waals surface area contributed by atoms with Gasteiger partial charge in [-0.2, -0.15) is 11.8 Å². The normalized spacial score (nSPS) is 14.2. The molecule has 2 rings (SSSR count). The van der Waals surface area contributed by atoms with E-state index in [0.717, 1.165) is 12.8 Å². The van der Waals surface area contributed by atoms with E-state index in [2.05, 4.69) is 13.2 Å². The summed E-state index contributed by atoms with van der Waals surface area (Å²) < 4.78 is 43.1. The molecule has 1 aromatic rings. The Labute approximate surface area is 149 Å². The Morgan fingerprint density at radius 2 is 1.71 bits per heavy atom. The molecule has 0 spiro atoms. The lowest BCUT2D eigenvalue weighted by molar-refractivity contribution is -0.126. The fourth-order valence-corrected chi connectivity index (χ4v) is 2.39. The van der Waals surface area contributed by atoms with E-state index in [1.54, 1.807) is 0 Å². The van der Waals surface area contributed by atoms with Crippen molar-refractivity contribution in [3.63, 3.8) is 0 Å². The molecule has 1 nitrogen and oxygen atoms in total. The van der Waals surface area contributed by atoms with Gasteiger partial charge in [0.1, 0.15) is 5.82 Å². The first-order valence-electron chi connectivity index (χ1n) is 8.58. The Bertz CT molecular complexity index is 484. The molecule has 0 atom stereocenters. The van der Waals surface area contributed by atoms with Gasteiger partial charge in [0.25, 0.3) is 5.92 Å². The summed E-state index contributed by atoms with van der Waals surface area (Å²) in [5.74, 6) is -2.84. The van der Waals surface area contributed by atoms with Crippen molar-refractivity contribution in [2.45, 2.75) is 59.9 Å². The van der Waals surface area contributed by atoms with Crippen LogP contribution in [0.15, 0.2) is 18.2 Å². The van der Waals surface area contributed by atoms with E-state index in [1.165, 1.54) is 37.8 Å². The SMILES string of the molecule is CC.CC(C)(C1CC1)C(F)(F)c1cccc(CN)c1F.CCSC. The first kappa shape index (κ1) is 23.3. The van der Waals surface area contributed by atoms with Gasteiger partial charge in [-0.15, -0.1) is 0 Å². The van der Waals surface area contributed by atoms with Crippen molar-refractivity contribution in [2.24, 2.45) is 17.1 Å². The van der Waals surface area contributed by atoms with E-state index in [0.29, 0.717) is 0 Å². The number of thioether (sulfide) groups is 1. The average molecular weight is 364 g/mol. The number of hydrogen-bond donors (Lipinski definition) is 1. The van der Waals surface area contributed by atoms with Gasteiger partial charge in [0.15, 0.2) is 0 Å². The van der Waals surface area contributed by atoms with E-state index >= 15 is 0 Å². The van der Waals surface area contributed by atoms with Gasteiger partial charge in [-0.3, -0.25) is 0 Å². The predicted molar refractivity (Wildman–Crippen MR) is 100 cm³/mol. The molecule has 1 aromatic carbocycles. The van der Waals surface area contributed by atoms with Crippen molar-refractivity contribution in [3.8, 4) is 0 Å². The molecule has 0 bridgehead atoms. The second-order valence-electron chi connectivity index (χ2n) is 6.13. The number of rotatable bonds is 5. The van der Waals surface area contributed by atoms with Gasteiger partial charge in [0.05, 0.1) is 5.56 Å². The molecular formula is C19H32F3NS. The summed E-state index contributed by atoms with van der Waals surface area (Å²) in [6, 6.07) is 4.05. The van der Waals surface area contributed by atoms with E-state index in [9.17, 15) is 13.2 Å². The monoisotopic (exact) mass is 363 g/mol. The Balaban J connectivity index is 0.000000773. The van der Waals surface area contributed by atoms with Crippen molar-refractivity contribution in [2.75, 3.05) is 12.0 Å². The highest BCUT2D eigenvalue weighted by molar-refractivity contribution is 7.98. The Kier molecular flexibility index (Phi) is 10.0. The van der Waals surface area contributed by atoms with E-state index < -0.39 is 22.7 Å². The zero-order valence-corrected chi connectivity index (χ0v) is 16.6. The van der Waals surface area contributed by atoms with Crippen LogP contribution in [0, 0.1) is 17.2 Å². The highest BCUT2D eigenvalue weighted by atomic mass is 32.2. The molecule has 1 aliphatic rings. The molecule has 0 heterocycles. The topological polar surface area (TPSA) is 26.0 Å². The third kappa shape index (κ3) is 5.41. The number of halogens is 3. The van der Waals surface area contributed by atoms with Crippen LogP contribution in [0.2, 0.25) is 0 Å². The van der Waals surface area contributed by atoms with Crippen molar-refractivity contribution in [1.29, 1.82) is 0 Å². The summed E-state index contributed by atoms with van der Waals surface area (Å²) in [5, 5.41) is 0. The quantitative estimate of drug-likeness (QED) is 0.673. The molecule has 1 aliphatic carbocycles. The first-order chi connectivity index (χ1) is 11.2. The minimum absolute atomic E-state index is 0.0339. The number of benzene rings is 1. The maximum Gasteiger partial charge on any atom is 0.281 e. The fraction of sp³-hybridized carbons (Fsp3) is 0.684. The molecular weight excluding hydrogens is 331 g/mol. The zero-order chi connectivity index (χ0) is 19.0. The second-order valence-corrected chi connectivity index (χ2v) is 7.29. The van der Waals surface area contributed by atoms with Crippen molar-refractivity contribution in [1.82, 2.24) is 0 Å². The Morgan fingerprint density at radius 1 is 1.21 bits per heavy atom. The lowest BCUT2D eigenvalue weighted by atomic mass is 9.77. The molecule has 0 saturated heterocycles. The van der Waals surface area contributed by atoms with Crippen LogP contribution in [-0.4, -0.2) is 12.0 Å². The Morgan fingerprint density at radius 3 is 2.08 bits per heavy atom. The van der Waals surface area contributed by atoms with Gasteiger partial charge in [-0.25, -0.2) is 13.2 Å². The van der Waals surface area contributed by atoms with Crippen molar-refractivity contribution in [3.05, 3.63) is 35.1 Å². The molecule has 0 aromatic heterocycles. The largest absolute Gasteiger partial charge is 0.326 e. The summed E-state index contributed by atoms with van der Waals surface area (Å²) >= 11 is 1.86. The molecule has 5 heteroatoms. The minimum Gasteiger partial charge on any atom is -0.326 e. The van der Waals surface area contributed by atoms with Gasteiger partial charge in [0.2, 0.25) is 0 Å². The van der Waals surface area contributed by atoms with Crippen LogP contribution in [0.3, 0.4) is 0 Å². The number of nitrogens with two attached hydrogens (primary N) is 1. The molecule has 0 unspecified atom stereocenters. The van der Waals surface area contributed by atoms with E-state index in [4.69, 9.17) is 5.73 Å². The van der Waals surface area contributed by atoms with Gasteiger partial charge < -0.3 is 5.73 Å². The van der Waals surface area contributed by atoms with Gasteiger partial charge >= 0.3 is 0 Å². The van der Waals surface area contributed by atoms with E-state index in [-0.39, 0.29) is 18.0 Å². The molecule has 2 N–H and O–H groups in total.